The zero-order chi connectivity index (χ0) is 10.7. The molecule has 2 rings (SSSR count). The lowest BCUT2D eigenvalue weighted by Gasteiger charge is -2.02. The molecular weight excluding hydrogens is 266 g/mol. The first-order valence-corrected chi connectivity index (χ1v) is 5.31. The van der Waals surface area contributed by atoms with Crippen molar-refractivity contribution in [2.75, 3.05) is 6.61 Å². The third-order valence-electron chi connectivity index (χ3n) is 2.67. The SMILES string of the molecule is Cc1cc2ccccc2c[n+]1CCCO.[Br-]. The van der Waals surface area contributed by atoms with E-state index >= 15 is 0 Å². The molecule has 2 aromatic rings. The van der Waals surface area contributed by atoms with Gasteiger partial charge in [0.25, 0.3) is 0 Å². The standard InChI is InChI=1S/C13H16NO.BrH/c1-11-9-12-5-2-3-6-13(12)10-14(11)7-4-8-15;/h2-3,5-6,9-10,15H,4,7-8H2,1H3;1H/q+1;/p-1. The Morgan fingerprint density at radius 3 is 2.56 bits per heavy atom. The van der Waals surface area contributed by atoms with E-state index in [2.05, 4.69) is 42.0 Å². The van der Waals surface area contributed by atoms with Crippen LogP contribution in [0.25, 0.3) is 10.8 Å². The number of rotatable bonds is 3. The summed E-state index contributed by atoms with van der Waals surface area (Å²) in [5.74, 6) is 0. The normalized spacial score (nSPS) is 10.1. The van der Waals surface area contributed by atoms with Gasteiger partial charge in [-0.15, -0.1) is 0 Å². The van der Waals surface area contributed by atoms with Crippen LogP contribution in [0.4, 0.5) is 0 Å². The Morgan fingerprint density at radius 1 is 1.19 bits per heavy atom. The maximum atomic E-state index is 8.82. The molecule has 0 bridgehead atoms. The van der Waals surface area contributed by atoms with Crippen molar-refractivity contribution in [3.8, 4) is 0 Å². The van der Waals surface area contributed by atoms with Crippen molar-refractivity contribution in [2.24, 2.45) is 0 Å². The zero-order valence-corrected chi connectivity index (χ0v) is 10.9. The number of nitrogens with zero attached hydrogens (tertiary/aromatic N) is 1. The van der Waals surface area contributed by atoms with Gasteiger partial charge in [0.2, 0.25) is 0 Å². The van der Waals surface area contributed by atoms with Gasteiger partial charge >= 0.3 is 0 Å². The average Bonchev–Trinajstić information content (AvgIpc) is 2.26. The summed E-state index contributed by atoms with van der Waals surface area (Å²) >= 11 is 0. The highest BCUT2D eigenvalue weighted by Crippen LogP contribution is 2.11. The molecule has 1 aromatic heterocycles. The van der Waals surface area contributed by atoms with E-state index in [4.69, 9.17) is 5.11 Å². The van der Waals surface area contributed by atoms with Crippen LogP contribution in [0.3, 0.4) is 0 Å². The fraction of sp³-hybridized carbons (Fsp3) is 0.308. The molecule has 0 spiro atoms. The topological polar surface area (TPSA) is 24.1 Å². The Morgan fingerprint density at radius 2 is 1.88 bits per heavy atom. The van der Waals surface area contributed by atoms with Crippen LogP contribution in [-0.2, 0) is 6.54 Å². The van der Waals surface area contributed by atoms with E-state index in [0.29, 0.717) is 0 Å². The molecule has 0 saturated heterocycles. The van der Waals surface area contributed by atoms with Gasteiger partial charge in [0.05, 0.1) is 0 Å². The Bertz CT molecular complexity index is 470. The first-order valence-electron chi connectivity index (χ1n) is 5.31. The highest BCUT2D eigenvalue weighted by atomic mass is 79.9. The van der Waals surface area contributed by atoms with Crippen LogP contribution < -0.4 is 21.5 Å². The minimum Gasteiger partial charge on any atom is -1.00 e. The summed E-state index contributed by atoms with van der Waals surface area (Å²) < 4.78 is 2.19. The number of hydrogen-bond acceptors (Lipinski definition) is 1. The van der Waals surface area contributed by atoms with Gasteiger partial charge in [0.15, 0.2) is 18.4 Å². The van der Waals surface area contributed by atoms with E-state index in [1.54, 1.807) is 0 Å². The molecule has 0 amide bonds. The molecule has 0 atom stereocenters. The second-order valence-electron chi connectivity index (χ2n) is 3.81. The summed E-state index contributed by atoms with van der Waals surface area (Å²) in [5, 5.41) is 11.3. The summed E-state index contributed by atoms with van der Waals surface area (Å²) in [4.78, 5) is 0. The lowest BCUT2D eigenvalue weighted by molar-refractivity contribution is -0.702. The van der Waals surface area contributed by atoms with Crippen molar-refractivity contribution in [1.82, 2.24) is 0 Å². The molecule has 3 heteroatoms. The fourth-order valence-electron chi connectivity index (χ4n) is 1.82. The van der Waals surface area contributed by atoms with Crippen LogP contribution in [0.2, 0.25) is 0 Å². The van der Waals surface area contributed by atoms with Crippen LogP contribution in [-0.4, -0.2) is 11.7 Å². The van der Waals surface area contributed by atoms with Crippen molar-refractivity contribution < 1.29 is 26.7 Å². The second-order valence-corrected chi connectivity index (χ2v) is 3.81. The van der Waals surface area contributed by atoms with E-state index in [-0.39, 0.29) is 23.6 Å². The van der Waals surface area contributed by atoms with Crippen LogP contribution in [0.1, 0.15) is 12.1 Å². The Hall–Kier alpha value is -0.930. The lowest BCUT2D eigenvalue weighted by atomic mass is 10.1. The molecule has 0 saturated carbocycles. The molecule has 0 radical (unpaired) electrons. The van der Waals surface area contributed by atoms with Gasteiger partial charge in [-0.1, -0.05) is 18.2 Å². The summed E-state index contributed by atoms with van der Waals surface area (Å²) in [5.41, 5.74) is 1.24. The number of aryl methyl sites for hydroxylation is 2. The van der Waals surface area contributed by atoms with Crippen molar-refractivity contribution in [3.05, 3.63) is 42.2 Å². The van der Waals surface area contributed by atoms with Crippen molar-refractivity contribution in [2.45, 2.75) is 19.9 Å². The highest BCUT2D eigenvalue weighted by molar-refractivity contribution is 5.80. The van der Waals surface area contributed by atoms with Crippen LogP contribution in [0, 0.1) is 6.92 Å². The molecule has 0 aliphatic heterocycles. The smallest absolute Gasteiger partial charge is 0.178 e. The predicted molar refractivity (Wildman–Crippen MR) is 60.6 cm³/mol. The number of halogens is 1. The third kappa shape index (κ3) is 2.80. The molecule has 1 aromatic carbocycles. The molecule has 2 nitrogen and oxygen atoms in total. The van der Waals surface area contributed by atoms with Crippen molar-refractivity contribution in [1.29, 1.82) is 0 Å². The largest absolute Gasteiger partial charge is 1.00 e. The molecule has 0 aliphatic carbocycles. The van der Waals surface area contributed by atoms with E-state index < -0.39 is 0 Å². The number of fused-ring (bicyclic) bond motifs is 1. The lowest BCUT2D eigenvalue weighted by Crippen LogP contribution is -3.00. The van der Waals surface area contributed by atoms with Gasteiger partial charge in [-0.05, 0) is 11.5 Å². The van der Waals surface area contributed by atoms with E-state index in [1.165, 1.54) is 16.5 Å². The van der Waals surface area contributed by atoms with E-state index in [9.17, 15) is 0 Å². The first-order chi connectivity index (χ1) is 7.31. The number of aromatic nitrogens is 1. The summed E-state index contributed by atoms with van der Waals surface area (Å²) in [6, 6.07) is 10.5. The molecular formula is C13H16BrNO. The zero-order valence-electron chi connectivity index (χ0n) is 9.36. The highest BCUT2D eigenvalue weighted by Gasteiger charge is 2.07. The average molecular weight is 282 g/mol. The number of aliphatic hydroxyl groups is 1. The molecule has 16 heavy (non-hydrogen) atoms. The number of pyridine rings is 1. The Labute approximate surface area is 106 Å². The number of aliphatic hydroxyl groups excluding tert-OH is 1. The Kier molecular flexibility index (Phi) is 4.90. The van der Waals surface area contributed by atoms with Gasteiger partial charge in [-0.25, -0.2) is 4.57 Å². The first kappa shape index (κ1) is 13.1. The van der Waals surface area contributed by atoms with Gasteiger partial charge in [0.1, 0.15) is 0 Å². The molecule has 0 fully saturated rings. The van der Waals surface area contributed by atoms with Gasteiger partial charge in [0, 0.05) is 31.4 Å². The van der Waals surface area contributed by atoms with Crippen LogP contribution >= 0.6 is 0 Å². The van der Waals surface area contributed by atoms with Crippen molar-refractivity contribution in [3.63, 3.8) is 0 Å². The predicted octanol–water partition coefficient (Wildman–Crippen LogP) is -1.18. The van der Waals surface area contributed by atoms with E-state index in [1.807, 2.05) is 6.07 Å². The molecule has 86 valence electrons. The van der Waals surface area contributed by atoms with Gasteiger partial charge < -0.3 is 22.1 Å². The van der Waals surface area contributed by atoms with Crippen LogP contribution in [0.5, 0.6) is 0 Å². The monoisotopic (exact) mass is 281 g/mol. The Balaban J connectivity index is 0.00000128. The maximum absolute atomic E-state index is 8.82. The number of benzene rings is 1. The third-order valence-corrected chi connectivity index (χ3v) is 2.67. The maximum Gasteiger partial charge on any atom is 0.178 e. The molecule has 1 heterocycles. The van der Waals surface area contributed by atoms with Crippen molar-refractivity contribution >= 4 is 10.8 Å². The summed E-state index contributed by atoms with van der Waals surface area (Å²) in [6.07, 6.45) is 2.96. The second kappa shape index (κ2) is 5.97. The molecule has 1 N–H and O–H groups in total. The molecule has 0 aliphatic rings. The minimum atomic E-state index is 0. The van der Waals surface area contributed by atoms with Gasteiger partial charge in [-0.3, -0.25) is 0 Å². The fourth-order valence-corrected chi connectivity index (χ4v) is 1.82. The van der Waals surface area contributed by atoms with E-state index in [0.717, 1.165) is 13.0 Å². The van der Waals surface area contributed by atoms with Crippen LogP contribution in [0.15, 0.2) is 36.5 Å². The quantitative estimate of drug-likeness (QED) is 0.704. The van der Waals surface area contributed by atoms with Gasteiger partial charge in [-0.2, -0.15) is 0 Å². The number of hydrogen-bond donors (Lipinski definition) is 1. The summed E-state index contributed by atoms with van der Waals surface area (Å²) in [6.45, 7) is 3.23. The molecule has 0 unspecified atom stereocenters. The summed E-state index contributed by atoms with van der Waals surface area (Å²) in [7, 11) is 0. The minimum absolute atomic E-state index is 0.